The van der Waals surface area contributed by atoms with Crippen molar-refractivity contribution in [2.45, 2.75) is 25.8 Å². The molecule has 3 rings (SSSR count). The molecule has 1 aliphatic rings. The second-order valence-electron chi connectivity index (χ2n) is 5.54. The molecule has 1 unspecified atom stereocenters. The van der Waals surface area contributed by atoms with Gasteiger partial charge in [0.15, 0.2) is 0 Å². The summed E-state index contributed by atoms with van der Waals surface area (Å²) >= 11 is 0. The predicted molar refractivity (Wildman–Crippen MR) is 81.3 cm³/mol. The maximum atomic E-state index is 12.4. The molecule has 2 aromatic rings. The Bertz CT molecular complexity index is 631. The number of hydrogen-bond acceptors (Lipinski definition) is 3. The second-order valence-corrected chi connectivity index (χ2v) is 5.54. The van der Waals surface area contributed by atoms with Gasteiger partial charge in [0.1, 0.15) is 0 Å². The Morgan fingerprint density at radius 2 is 2.14 bits per heavy atom. The lowest BCUT2D eigenvalue weighted by molar-refractivity contribution is 0.0933. The fraction of sp³-hybridized carbons (Fsp3) is 0.375. The van der Waals surface area contributed by atoms with Gasteiger partial charge in [-0.2, -0.15) is 5.10 Å². The molecule has 1 aromatic heterocycles. The SMILES string of the molecule is Cc1c(C(=O)NC(CN)C2CC2)cnn1-c1ccccc1. The summed E-state index contributed by atoms with van der Waals surface area (Å²) in [7, 11) is 0. The van der Waals surface area contributed by atoms with Crippen LogP contribution in [0.4, 0.5) is 0 Å². The van der Waals surface area contributed by atoms with Gasteiger partial charge in [0.05, 0.1) is 23.1 Å². The number of hydrogen-bond donors (Lipinski definition) is 2. The first-order valence-corrected chi connectivity index (χ1v) is 7.31. The van der Waals surface area contributed by atoms with Crippen LogP contribution in [0.15, 0.2) is 36.5 Å². The van der Waals surface area contributed by atoms with Crippen molar-refractivity contribution >= 4 is 5.91 Å². The Hall–Kier alpha value is -2.14. The van der Waals surface area contributed by atoms with E-state index in [4.69, 9.17) is 5.73 Å². The number of aromatic nitrogens is 2. The average Bonchev–Trinajstić information content (AvgIpc) is 3.28. The van der Waals surface area contributed by atoms with Crippen molar-refractivity contribution in [3.8, 4) is 5.69 Å². The van der Waals surface area contributed by atoms with Crippen molar-refractivity contribution in [2.75, 3.05) is 6.54 Å². The number of benzene rings is 1. The van der Waals surface area contributed by atoms with Crippen molar-refractivity contribution in [1.29, 1.82) is 0 Å². The summed E-state index contributed by atoms with van der Waals surface area (Å²) < 4.78 is 1.78. The van der Waals surface area contributed by atoms with Gasteiger partial charge in [0.25, 0.3) is 5.91 Å². The fourth-order valence-corrected chi connectivity index (χ4v) is 2.58. The van der Waals surface area contributed by atoms with Crippen LogP contribution in [0, 0.1) is 12.8 Å². The summed E-state index contributed by atoms with van der Waals surface area (Å²) in [5.74, 6) is 0.459. The minimum atomic E-state index is -0.0861. The first kappa shape index (κ1) is 13.8. The number of para-hydroxylation sites is 1. The zero-order valence-corrected chi connectivity index (χ0v) is 12.1. The van der Waals surface area contributed by atoms with Gasteiger partial charge in [0, 0.05) is 12.6 Å². The number of carbonyl (C=O) groups is 1. The van der Waals surface area contributed by atoms with E-state index < -0.39 is 0 Å². The lowest BCUT2D eigenvalue weighted by atomic mass is 10.1. The molecule has 1 aromatic carbocycles. The molecule has 1 fully saturated rings. The van der Waals surface area contributed by atoms with Crippen LogP contribution in [-0.2, 0) is 0 Å². The van der Waals surface area contributed by atoms with E-state index in [2.05, 4.69) is 10.4 Å². The maximum absolute atomic E-state index is 12.4. The minimum Gasteiger partial charge on any atom is -0.348 e. The van der Waals surface area contributed by atoms with E-state index in [0.717, 1.165) is 24.2 Å². The minimum absolute atomic E-state index is 0.0805. The molecule has 1 saturated carbocycles. The largest absolute Gasteiger partial charge is 0.348 e. The Labute approximate surface area is 124 Å². The Morgan fingerprint density at radius 3 is 2.76 bits per heavy atom. The molecule has 1 aliphatic carbocycles. The molecule has 5 heteroatoms. The smallest absolute Gasteiger partial charge is 0.255 e. The van der Waals surface area contributed by atoms with Gasteiger partial charge >= 0.3 is 0 Å². The highest BCUT2D eigenvalue weighted by Gasteiger charge is 2.32. The van der Waals surface area contributed by atoms with Gasteiger partial charge in [-0.1, -0.05) is 18.2 Å². The van der Waals surface area contributed by atoms with Gasteiger partial charge in [-0.05, 0) is 37.8 Å². The molecule has 3 N–H and O–H groups in total. The van der Waals surface area contributed by atoms with Crippen LogP contribution in [0.1, 0.15) is 28.9 Å². The first-order chi connectivity index (χ1) is 10.2. The van der Waals surface area contributed by atoms with E-state index in [9.17, 15) is 4.79 Å². The molecule has 0 bridgehead atoms. The Balaban J connectivity index is 1.80. The van der Waals surface area contributed by atoms with Crippen LogP contribution in [0.25, 0.3) is 5.69 Å². The number of nitrogens with two attached hydrogens (primary N) is 1. The van der Waals surface area contributed by atoms with E-state index in [-0.39, 0.29) is 11.9 Å². The monoisotopic (exact) mass is 284 g/mol. The van der Waals surface area contributed by atoms with Crippen LogP contribution in [-0.4, -0.2) is 28.3 Å². The highest BCUT2D eigenvalue weighted by molar-refractivity contribution is 5.95. The molecule has 0 saturated heterocycles. The van der Waals surface area contributed by atoms with Gasteiger partial charge in [-0.15, -0.1) is 0 Å². The number of carbonyl (C=O) groups excluding carboxylic acids is 1. The lowest BCUT2D eigenvalue weighted by Crippen LogP contribution is -2.41. The van der Waals surface area contributed by atoms with Crippen LogP contribution < -0.4 is 11.1 Å². The van der Waals surface area contributed by atoms with E-state index >= 15 is 0 Å². The van der Waals surface area contributed by atoms with Gasteiger partial charge in [0.2, 0.25) is 0 Å². The molecule has 0 aliphatic heterocycles. The van der Waals surface area contributed by atoms with Gasteiger partial charge < -0.3 is 11.1 Å². The molecule has 1 atom stereocenters. The third-order valence-electron chi connectivity index (χ3n) is 4.02. The third-order valence-corrected chi connectivity index (χ3v) is 4.02. The normalized spacial score (nSPS) is 15.7. The molecule has 21 heavy (non-hydrogen) atoms. The maximum Gasteiger partial charge on any atom is 0.255 e. The number of amides is 1. The summed E-state index contributed by atoms with van der Waals surface area (Å²) in [6, 6.07) is 9.87. The number of nitrogens with one attached hydrogen (secondary N) is 1. The molecular formula is C16H20N4O. The van der Waals surface area contributed by atoms with Crippen LogP contribution >= 0.6 is 0 Å². The third kappa shape index (κ3) is 2.83. The molecule has 0 radical (unpaired) electrons. The summed E-state index contributed by atoms with van der Waals surface area (Å²) in [5.41, 5.74) is 8.14. The summed E-state index contributed by atoms with van der Waals surface area (Å²) in [6.45, 7) is 2.39. The standard InChI is InChI=1S/C16H20N4O/c1-11-14(16(21)19-15(9-17)12-7-8-12)10-18-20(11)13-5-3-2-4-6-13/h2-6,10,12,15H,7-9,17H2,1H3,(H,19,21). The van der Waals surface area contributed by atoms with E-state index in [1.807, 2.05) is 37.3 Å². The number of rotatable bonds is 5. The second kappa shape index (κ2) is 5.69. The van der Waals surface area contributed by atoms with Gasteiger partial charge in [-0.3, -0.25) is 4.79 Å². The molecule has 1 heterocycles. The fourth-order valence-electron chi connectivity index (χ4n) is 2.58. The molecule has 0 spiro atoms. The lowest BCUT2D eigenvalue weighted by Gasteiger charge is -2.15. The summed E-state index contributed by atoms with van der Waals surface area (Å²) in [5, 5.41) is 7.36. The highest BCUT2D eigenvalue weighted by atomic mass is 16.1. The van der Waals surface area contributed by atoms with Crippen molar-refractivity contribution in [1.82, 2.24) is 15.1 Å². The van der Waals surface area contributed by atoms with Crippen LogP contribution in [0.3, 0.4) is 0 Å². The topological polar surface area (TPSA) is 72.9 Å². The van der Waals surface area contributed by atoms with Crippen molar-refractivity contribution in [2.24, 2.45) is 11.7 Å². The van der Waals surface area contributed by atoms with E-state index in [0.29, 0.717) is 18.0 Å². The van der Waals surface area contributed by atoms with Gasteiger partial charge in [-0.25, -0.2) is 4.68 Å². The van der Waals surface area contributed by atoms with E-state index in [1.54, 1.807) is 10.9 Å². The Morgan fingerprint density at radius 1 is 1.43 bits per heavy atom. The first-order valence-electron chi connectivity index (χ1n) is 7.31. The van der Waals surface area contributed by atoms with Crippen molar-refractivity contribution < 1.29 is 4.79 Å². The summed E-state index contributed by atoms with van der Waals surface area (Å²) in [4.78, 5) is 12.4. The molecule has 5 nitrogen and oxygen atoms in total. The molecular weight excluding hydrogens is 264 g/mol. The molecule has 110 valence electrons. The number of nitrogens with zero attached hydrogens (tertiary/aromatic N) is 2. The van der Waals surface area contributed by atoms with Crippen LogP contribution in [0.5, 0.6) is 0 Å². The zero-order chi connectivity index (χ0) is 14.8. The zero-order valence-electron chi connectivity index (χ0n) is 12.1. The predicted octanol–water partition coefficient (Wildman–Crippen LogP) is 1.65. The Kier molecular flexibility index (Phi) is 3.75. The van der Waals surface area contributed by atoms with Crippen molar-refractivity contribution in [3.05, 3.63) is 47.8 Å². The van der Waals surface area contributed by atoms with Crippen LogP contribution in [0.2, 0.25) is 0 Å². The average molecular weight is 284 g/mol. The van der Waals surface area contributed by atoms with Crippen molar-refractivity contribution in [3.63, 3.8) is 0 Å². The quantitative estimate of drug-likeness (QED) is 0.877. The summed E-state index contributed by atoms with van der Waals surface area (Å²) in [6.07, 6.45) is 3.94. The highest BCUT2D eigenvalue weighted by Crippen LogP contribution is 2.32. The molecule has 1 amide bonds. The van der Waals surface area contributed by atoms with E-state index in [1.165, 1.54) is 0 Å².